The van der Waals surface area contributed by atoms with Crippen LogP contribution >= 0.6 is 11.3 Å². The minimum Gasteiger partial charge on any atom is -0.355 e. The lowest BCUT2D eigenvalue weighted by Crippen LogP contribution is -2.18. The van der Waals surface area contributed by atoms with Crippen LogP contribution in [0.2, 0.25) is 0 Å². The second-order valence-electron chi connectivity index (χ2n) is 5.12. The lowest BCUT2D eigenvalue weighted by Gasteiger charge is -2.20. The van der Waals surface area contributed by atoms with Crippen molar-refractivity contribution in [1.29, 1.82) is 0 Å². The summed E-state index contributed by atoms with van der Waals surface area (Å²) in [5.41, 5.74) is 3.96. The molecule has 3 rings (SSSR count). The number of hydrogen-bond donors (Lipinski definition) is 0. The highest BCUT2D eigenvalue weighted by Gasteiger charge is 2.10. The van der Waals surface area contributed by atoms with Gasteiger partial charge in [0.1, 0.15) is 17.0 Å². The largest absolute Gasteiger partial charge is 0.355 e. The molecule has 0 amide bonds. The van der Waals surface area contributed by atoms with E-state index in [-0.39, 0.29) is 0 Å². The molecule has 2 aromatic heterocycles. The van der Waals surface area contributed by atoms with Crippen molar-refractivity contribution in [2.24, 2.45) is 0 Å². The van der Waals surface area contributed by atoms with Gasteiger partial charge in [0.2, 0.25) is 0 Å². The van der Waals surface area contributed by atoms with Gasteiger partial charge in [0.05, 0.1) is 5.39 Å². The fraction of sp³-hybridized carbons (Fsp3) is 0.250. The molecule has 0 fully saturated rings. The molecule has 0 aliphatic heterocycles. The van der Waals surface area contributed by atoms with Crippen LogP contribution in [0.4, 0.5) is 5.82 Å². The number of aromatic nitrogens is 2. The van der Waals surface area contributed by atoms with Gasteiger partial charge in [-0.2, -0.15) is 0 Å². The van der Waals surface area contributed by atoms with Crippen molar-refractivity contribution in [3.63, 3.8) is 0 Å². The first-order valence-electron chi connectivity index (χ1n) is 6.60. The van der Waals surface area contributed by atoms with E-state index in [2.05, 4.69) is 65.4 Å². The molecule has 1 aromatic carbocycles. The highest BCUT2D eigenvalue weighted by Crippen LogP contribution is 2.27. The van der Waals surface area contributed by atoms with Gasteiger partial charge in [-0.15, -0.1) is 11.3 Å². The van der Waals surface area contributed by atoms with Gasteiger partial charge in [0.15, 0.2) is 0 Å². The number of rotatable bonds is 3. The van der Waals surface area contributed by atoms with Gasteiger partial charge < -0.3 is 4.90 Å². The average molecular weight is 283 g/mol. The maximum atomic E-state index is 4.44. The van der Waals surface area contributed by atoms with E-state index < -0.39 is 0 Å². The van der Waals surface area contributed by atoms with Gasteiger partial charge in [-0.05, 0) is 36.4 Å². The molecule has 0 bridgehead atoms. The Morgan fingerprint density at radius 1 is 1.15 bits per heavy atom. The summed E-state index contributed by atoms with van der Waals surface area (Å²) in [5.74, 6) is 0.997. The topological polar surface area (TPSA) is 29.0 Å². The Morgan fingerprint density at radius 3 is 2.80 bits per heavy atom. The number of hydrogen-bond acceptors (Lipinski definition) is 4. The van der Waals surface area contributed by atoms with Gasteiger partial charge in [-0.3, -0.25) is 0 Å². The molecule has 102 valence electrons. The summed E-state index contributed by atoms with van der Waals surface area (Å²) >= 11 is 1.65. The predicted molar refractivity (Wildman–Crippen MR) is 85.4 cm³/mol. The Bertz CT molecular complexity index is 748. The zero-order valence-corrected chi connectivity index (χ0v) is 12.7. The van der Waals surface area contributed by atoms with Gasteiger partial charge >= 0.3 is 0 Å². The molecule has 3 nitrogen and oxygen atoms in total. The average Bonchev–Trinajstić information content (AvgIpc) is 2.90. The first-order chi connectivity index (χ1) is 9.65. The Hall–Kier alpha value is -1.94. The molecule has 0 N–H and O–H groups in total. The third kappa shape index (κ3) is 2.39. The molecule has 3 aromatic rings. The molecule has 0 saturated carbocycles. The van der Waals surface area contributed by atoms with E-state index in [4.69, 9.17) is 0 Å². The van der Waals surface area contributed by atoms with Crippen LogP contribution in [-0.4, -0.2) is 17.0 Å². The highest BCUT2D eigenvalue weighted by molar-refractivity contribution is 7.16. The van der Waals surface area contributed by atoms with Crippen molar-refractivity contribution >= 4 is 27.4 Å². The molecule has 0 spiro atoms. The summed E-state index contributed by atoms with van der Waals surface area (Å²) in [6, 6.07) is 8.68. The fourth-order valence-corrected chi connectivity index (χ4v) is 3.16. The van der Waals surface area contributed by atoms with Crippen LogP contribution in [0.25, 0.3) is 10.2 Å². The maximum Gasteiger partial charge on any atom is 0.140 e. The summed E-state index contributed by atoms with van der Waals surface area (Å²) in [4.78, 5) is 12.0. The molecule has 0 radical (unpaired) electrons. The van der Waals surface area contributed by atoms with E-state index in [9.17, 15) is 0 Å². The van der Waals surface area contributed by atoms with Crippen LogP contribution in [0, 0.1) is 13.8 Å². The Morgan fingerprint density at radius 2 is 2.00 bits per heavy atom. The second kappa shape index (κ2) is 5.21. The molecule has 4 heteroatoms. The summed E-state index contributed by atoms with van der Waals surface area (Å²) in [5, 5.41) is 3.19. The second-order valence-corrected chi connectivity index (χ2v) is 6.02. The van der Waals surface area contributed by atoms with Crippen LogP contribution in [0.3, 0.4) is 0 Å². The van der Waals surface area contributed by atoms with Gasteiger partial charge in [-0.25, -0.2) is 9.97 Å². The fourth-order valence-electron chi connectivity index (χ4n) is 2.43. The molecule has 0 saturated heterocycles. The SMILES string of the molecule is Cc1ccc(CN(C)c2ncnc3sccc23)c(C)c1. The number of anilines is 1. The first kappa shape index (κ1) is 13.1. The smallest absolute Gasteiger partial charge is 0.140 e. The van der Waals surface area contributed by atoms with E-state index in [1.807, 2.05) is 0 Å². The normalized spacial score (nSPS) is 10.9. The molecule has 0 unspecified atom stereocenters. The standard InChI is InChI=1S/C16H17N3S/c1-11-4-5-13(12(2)8-11)9-19(3)15-14-6-7-20-16(14)18-10-17-15/h4-8,10H,9H2,1-3H3. The first-order valence-corrected chi connectivity index (χ1v) is 7.48. The van der Waals surface area contributed by atoms with Gasteiger partial charge in [0.25, 0.3) is 0 Å². The lowest BCUT2D eigenvalue weighted by atomic mass is 10.1. The third-order valence-corrected chi connectivity index (χ3v) is 4.33. The number of aryl methyl sites for hydroxylation is 2. The molecular weight excluding hydrogens is 266 g/mol. The van der Waals surface area contributed by atoms with Gasteiger partial charge in [0, 0.05) is 13.6 Å². The number of thiophene rings is 1. The number of nitrogens with zero attached hydrogens (tertiary/aromatic N) is 3. The monoisotopic (exact) mass is 283 g/mol. The third-order valence-electron chi connectivity index (χ3n) is 3.51. The summed E-state index contributed by atoms with van der Waals surface area (Å²) < 4.78 is 0. The molecule has 0 aliphatic carbocycles. The van der Waals surface area contributed by atoms with E-state index in [1.54, 1.807) is 17.7 Å². The quantitative estimate of drug-likeness (QED) is 0.729. The van der Waals surface area contributed by atoms with Crippen LogP contribution in [-0.2, 0) is 6.54 Å². The lowest BCUT2D eigenvalue weighted by molar-refractivity contribution is 0.893. The Labute approximate surface area is 122 Å². The van der Waals surface area contributed by atoms with Crippen molar-refractivity contribution in [3.8, 4) is 0 Å². The molecule has 0 atom stereocenters. The minimum absolute atomic E-state index is 0.855. The van der Waals surface area contributed by atoms with E-state index in [1.165, 1.54) is 16.7 Å². The maximum absolute atomic E-state index is 4.44. The van der Waals surface area contributed by atoms with Crippen molar-refractivity contribution in [2.45, 2.75) is 20.4 Å². The zero-order valence-electron chi connectivity index (χ0n) is 11.9. The molecule has 0 aliphatic rings. The number of benzene rings is 1. The van der Waals surface area contributed by atoms with Crippen molar-refractivity contribution in [2.75, 3.05) is 11.9 Å². The van der Waals surface area contributed by atoms with Crippen LogP contribution < -0.4 is 4.90 Å². The summed E-state index contributed by atoms with van der Waals surface area (Å²) in [6.45, 7) is 5.14. The summed E-state index contributed by atoms with van der Waals surface area (Å²) in [7, 11) is 2.08. The molecular formula is C16H17N3S. The highest BCUT2D eigenvalue weighted by atomic mass is 32.1. The molecule has 20 heavy (non-hydrogen) atoms. The Kier molecular flexibility index (Phi) is 3.40. The Balaban J connectivity index is 1.93. The molecule has 2 heterocycles. The predicted octanol–water partition coefficient (Wildman–Crippen LogP) is 3.94. The zero-order chi connectivity index (χ0) is 14.1. The van der Waals surface area contributed by atoms with Crippen molar-refractivity contribution < 1.29 is 0 Å². The van der Waals surface area contributed by atoms with Crippen molar-refractivity contribution in [1.82, 2.24) is 9.97 Å². The number of fused-ring (bicyclic) bond motifs is 1. The van der Waals surface area contributed by atoms with E-state index >= 15 is 0 Å². The minimum atomic E-state index is 0.855. The van der Waals surface area contributed by atoms with Crippen LogP contribution in [0.15, 0.2) is 36.0 Å². The van der Waals surface area contributed by atoms with Crippen LogP contribution in [0.5, 0.6) is 0 Å². The van der Waals surface area contributed by atoms with Crippen molar-refractivity contribution in [3.05, 3.63) is 52.7 Å². The van der Waals surface area contributed by atoms with E-state index in [0.717, 1.165) is 22.6 Å². The van der Waals surface area contributed by atoms with E-state index in [0.29, 0.717) is 0 Å². The van der Waals surface area contributed by atoms with Crippen LogP contribution in [0.1, 0.15) is 16.7 Å². The van der Waals surface area contributed by atoms with Gasteiger partial charge in [-0.1, -0.05) is 23.8 Å². The summed E-state index contributed by atoms with van der Waals surface area (Å²) in [6.07, 6.45) is 1.65.